The molecule has 0 aliphatic rings. The third-order valence-corrected chi connectivity index (χ3v) is 4.08. The first-order valence-electron chi connectivity index (χ1n) is 6.78. The van der Waals surface area contributed by atoms with Gasteiger partial charge in [-0.05, 0) is 34.8 Å². The summed E-state index contributed by atoms with van der Waals surface area (Å²) in [5.74, 6) is 3.26. The molecule has 2 rings (SSSR count). The Morgan fingerprint density at radius 2 is 2.00 bits per heavy atom. The first-order chi connectivity index (χ1) is 9.36. The molecule has 0 heterocycles. The number of fused-ring (bicyclic) bond motifs is 1. The molecule has 0 unspecified atom stereocenters. The normalized spacial score (nSPS) is 10.8. The van der Waals surface area contributed by atoms with Crippen molar-refractivity contribution in [1.82, 2.24) is 0 Å². The lowest BCUT2D eigenvalue weighted by Gasteiger charge is -2.13. The number of rotatable bonds is 7. The van der Waals surface area contributed by atoms with Crippen LogP contribution in [0.2, 0.25) is 0 Å². The number of benzene rings is 2. The van der Waals surface area contributed by atoms with Crippen LogP contribution in [-0.2, 0) is 6.54 Å². The molecule has 0 aliphatic carbocycles. The molecular formula is C16H21NOS. The topological polar surface area (TPSA) is 35.2 Å². The van der Waals surface area contributed by atoms with Gasteiger partial charge in [0, 0.05) is 12.1 Å². The van der Waals surface area contributed by atoms with Crippen molar-refractivity contribution in [3.05, 3.63) is 42.0 Å². The quantitative estimate of drug-likeness (QED) is 0.780. The number of nitrogens with two attached hydrogens (primary N) is 1. The van der Waals surface area contributed by atoms with Crippen LogP contribution < -0.4 is 10.5 Å². The highest BCUT2D eigenvalue weighted by atomic mass is 32.2. The van der Waals surface area contributed by atoms with Gasteiger partial charge in [-0.15, -0.1) is 0 Å². The Bertz CT molecular complexity index is 527. The maximum atomic E-state index is 5.89. The van der Waals surface area contributed by atoms with Crippen LogP contribution in [0.25, 0.3) is 10.8 Å². The van der Waals surface area contributed by atoms with E-state index < -0.39 is 0 Å². The van der Waals surface area contributed by atoms with Crippen LogP contribution in [0.4, 0.5) is 0 Å². The molecule has 2 aromatic rings. The largest absolute Gasteiger partial charge is 0.493 e. The lowest BCUT2D eigenvalue weighted by Crippen LogP contribution is -2.05. The standard InChI is InChI=1S/C16H21NOS/c1-2-19-11-5-10-18-16-9-8-13-6-3-4-7-14(13)15(16)12-17/h3-4,6-9H,2,5,10-12,17H2,1H3. The molecule has 3 heteroatoms. The Kier molecular flexibility index (Phi) is 5.55. The lowest BCUT2D eigenvalue weighted by molar-refractivity contribution is 0.316. The zero-order chi connectivity index (χ0) is 13.5. The van der Waals surface area contributed by atoms with Crippen molar-refractivity contribution in [2.45, 2.75) is 19.9 Å². The molecule has 0 atom stereocenters. The van der Waals surface area contributed by atoms with E-state index in [1.807, 2.05) is 30.0 Å². The van der Waals surface area contributed by atoms with Crippen molar-refractivity contribution in [3.63, 3.8) is 0 Å². The van der Waals surface area contributed by atoms with Crippen molar-refractivity contribution in [1.29, 1.82) is 0 Å². The summed E-state index contributed by atoms with van der Waals surface area (Å²) in [6.07, 6.45) is 1.08. The Morgan fingerprint density at radius 1 is 1.16 bits per heavy atom. The van der Waals surface area contributed by atoms with Crippen molar-refractivity contribution < 1.29 is 4.74 Å². The summed E-state index contributed by atoms with van der Waals surface area (Å²) in [6.45, 7) is 3.46. The Hall–Kier alpha value is -1.19. The molecule has 0 radical (unpaired) electrons. The zero-order valence-electron chi connectivity index (χ0n) is 11.4. The van der Waals surface area contributed by atoms with Gasteiger partial charge in [0.1, 0.15) is 5.75 Å². The third kappa shape index (κ3) is 3.64. The van der Waals surface area contributed by atoms with Crippen molar-refractivity contribution in [2.75, 3.05) is 18.1 Å². The minimum Gasteiger partial charge on any atom is -0.493 e. The van der Waals surface area contributed by atoms with E-state index in [1.165, 1.54) is 16.5 Å². The maximum absolute atomic E-state index is 5.89. The van der Waals surface area contributed by atoms with E-state index >= 15 is 0 Å². The highest BCUT2D eigenvalue weighted by molar-refractivity contribution is 7.99. The van der Waals surface area contributed by atoms with E-state index in [0.29, 0.717) is 6.54 Å². The predicted molar refractivity (Wildman–Crippen MR) is 85.0 cm³/mol. The van der Waals surface area contributed by atoms with Crippen LogP contribution >= 0.6 is 11.8 Å². The molecular weight excluding hydrogens is 254 g/mol. The maximum Gasteiger partial charge on any atom is 0.124 e. The number of ether oxygens (including phenoxy) is 1. The second-order valence-corrected chi connectivity index (χ2v) is 5.76. The molecule has 0 aliphatic heterocycles. The summed E-state index contributed by atoms with van der Waals surface area (Å²) < 4.78 is 5.89. The fourth-order valence-electron chi connectivity index (χ4n) is 2.15. The lowest BCUT2D eigenvalue weighted by atomic mass is 10.0. The molecule has 2 N–H and O–H groups in total. The molecule has 0 bridgehead atoms. The van der Waals surface area contributed by atoms with Gasteiger partial charge in [-0.1, -0.05) is 37.3 Å². The van der Waals surface area contributed by atoms with Crippen molar-refractivity contribution in [3.8, 4) is 5.75 Å². The second-order valence-electron chi connectivity index (χ2n) is 4.37. The smallest absolute Gasteiger partial charge is 0.124 e. The molecule has 2 aromatic carbocycles. The summed E-state index contributed by atoms with van der Waals surface area (Å²) in [6, 6.07) is 12.4. The van der Waals surface area contributed by atoms with Gasteiger partial charge >= 0.3 is 0 Å². The highest BCUT2D eigenvalue weighted by Gasteiger charge is 2.06. The molecule has 0 saturated heterocycles. The minimum absolute atomic E-state index is 0.514. The van der Waals surface area contributed by atoms with Crippen LogP contribution in [0.1, 0.15) is 18.9 Å². The fraction of sp³-hybridized carbons (Fsp3) is 0.375. The zero-order valence-corrected chi connectivity index (χ0v) is 12.2. The Morgan fingerprint density at radius 3 is 2.79 bits per heavy atom. The average molecular weight is 275 g/mol. The van der Waals surface area contributed by atoms with E-state index in [-0.39, 0.29) is 0 Å². The number of hydrogen-bond donors (Lipinski definition) is 1. The summed E-state index contributed by atoms with van der Waals surface area (Å²) in [5, 5.41) is 2.42. The van der Waals surface area contributed by atoms with E-state index in [2.05, 4.69) is 25.1 Å². The third-order valence-electron chi connectivity index (χ3n) is 3.10. The van der Waals surface area contributed by atoms with Gasteiger partial charge in [-0.25, -0.2) is 0 Å². The molecule has 0 fully saturated rings. The van der Waals surface area contributed by atoms with Gasteiger partial charge < -0.3 is 10.5 Å². The fourth-order valence-corrected chi connectivity index (χ4v) is 2.76. The number of thioether (sulfide) groups is 1. The molecule has 0 amide bonds. The first kappa shape index (κ1) is 14.2. The van der Waals surface area contributed by atoms with E-state index in [1.54, 1.807) is 0 Å². The summed E-state index contributed by atoms with van der Waals surface area (Å²) >= 11 is 1.95. The molecule has 0 saturated carbocycles. The Balaban J connectivity index is 2.10. The van der Waals surface area contributed by atoms with Gasteiger partial charge in [-0.2, -0.15) is 11.8 Å². The summed E-state index contributed by atoms with van der Waals surface area (Å²) in [4.78, 5) is 0. The SMILES string of the molecule is CCSCCCOc1ccc2ccccc2c1CN. The molecule has 19 heavy (non-hydrogen) atoms. The van der Waals surface area contributed by atoms with Crippen LogP contribution in [-0.4, -0.2) is 18.1 Å². The van der Waals surface area contributed by atoms with Crippen LogP contribution in [0.15, 0.2) is 36.4 Å². The number of hydrogen-bond acceptors (Lipinski definition) is 3. The van der Waals surface area contributed by atoms with Crippen LogP contribution in [0.5, 0.6) is 5.75 Å². The molecule has 0 aromatic heterocycles. The second kappa shape index (κ2) is 7.41. The molecule has 0 spiro atoms. The first-order valence-corrected chi connectivity index (χ1v) is 7.93. The monoisotopic (exact) mass is 275 g/mol. The molecule has 102 valence electrons. The van der Waals surface area contributed by atoms with Gasteiger partial charge in [0.2, 0.25) is 0 Å². The van der Waals surface area contributed by atoms with E-state index in [0.717, 1.165) is 30.1 Å². The van der Waals surface area contributed by atoms with Crippen LogP contribution in [0.3, 0.4) is 0 Å². The highest BCUT2D eigenvalue weighted by Crippen LogP contribution is 2.27. The van der Waals surface area contributed by atoms with Gasteiger partial charge in [-0.3, -0.25) is 0 Å². The minimum atomic E-state index is 0.514. The Labute approximate surface area is 119 Å². The van der Waals surface area contributed by atoms with Gasteiger partial charge in [0.05, 0.1) is 6.61 Å². The van der Waals surface area contributed by atoms with Crippen molar-refractivity contribution >= 4 is 22.5 Å². The van der Waals surface area contributed by atoms with Crippen molar-refractivity contribution in [2.24, 2.45) is 5.73 Å². The van der Waals surface area contributed by atoms with E-state index in [9.17, 15) is 0 Å². The summed E-state index contributed by atoms with van der Waals surface area (Å²) in [5.41, 5.74) is 7.00. The molecule has 2 nitrogen and oxygen atoms in total. The average Bonchev–Trinajstić information content (AvgIpc) is 2.46. The van der Waals surface area contributed by atoms with Gasteiger partial charge in [0.25, 0.3) is 0 Å². The van der Waals surface area contributed by atoms with Crippen LogP contribution in [0, 0.1) is 0 Å². The summed E-state index contributed by atoms with van der Waals surface area (Å²) in [7, 11) is 0. The predicted octanol–water partition coefficient (Wildman–Crippen LogP) is 3.82. The van der Waals surface area contributed by atoms with Gasteiger partial charge in [0.15, 0.2) is 0 Å². The van der Waals surface area contributed by atoms with E-state index in [4.69, 9.17) is 10.5 Å².